The molecule has 2 nitrogen and oxygen atoms in total. The second kappa shape index (κ2) is 5.79. The average Bonchev–Trinajstić information content (AvgIpc) is 2.38. The predicted molar refractivity (Wildman–Crippen MR) is 67.6 cm³/mol. The summed E-state index contributed by atoms with van der Waals surface area (Å²) < 4.78 is 42.3. The fourth-order valence-electron chi connectivity index (χ4n) is 1.40. The Morgan fingerprint density at radius 3 is 2.58 bits per heavy atom. The number of halogens is 3. The van der Waals surface area contributed by atoms with Gasteiger partial charge in [-0.1, -0.05) is 6.07 Å². The normalized spacial score (nSPS) is 10.3. The van der Waals surface area contributed by atoms with Crippen molar-refractivity contribution in [2.24, 2.45) is 0 Å². The largest absolute Gasteiger partial charge is 0.323 e. The Morgan fingerprint density at radius 2 is 1.89 bits per heavy atom. The van der Waals surface area contributed by atoms with Crippen molar-refractivity contribution < 1.29 is 18.0 Å². The molecule has 6 heteroatoms. The lowest BCUT2D eigenvalue weighted by Gasteiger charge is -2.08. The predicted octanol–water partition coefficient (Wildman–Crippen LogP) is 4.04. The van der Waals surface area contributed by atoms with Crippen molar-refractivity contribution in [2.75, 3.05) is 4.72 Å². The van der Waals surface area contributed by atoms with Crippen LogP contribution in [-0.4, -0.2) is 6.29 Å². The number of anilines is 1. The highest BCUT2D eigenvalue weighted by molar-refractivity contribution is 8.00. The molecular formula is C13H8F3NOS. The summed E-state index contributed by atoms with van der Waals surface area (Å²) >= 11 is 0.959. The van der Waals surface area contributed by atoms with E-state index in [0.717, 1.165) is 18.0 Å². The van der Waals surface area contributed by atoms with Gasteiger partial charge in [-0.15, -0.1) is 0 Å². The number of hydrogen-bond donors (Lipinski definition) is 1. The third-order valence-corrected chi connectivity index (χ3v) is 3.13. The molecule has 0 fully saturated rings. The SMILES string of the molecule is O=Cc1c(F)ccc(NSc2cccc(F)c2)c1F. The van der Waals surface area contributed by atoms with Gasteiger partial charge >= 0.3 is 0 Å². The number of hydrogen-bond acceptors (Lipinski definition) is 3. The summed E-state index contributed by atoms with van der Waals surface area (Å²) in [5.74, 6) is -2.31. The van der Waals surface area contributed by atoms with Gasteiger partial charge in [0, 0.05) is 4.90 Å². The number of aldehydes is 1. The van der Waals surface area contributed by atoms with E-state index in [9.17, 15) is 18.0 Å². The third-order valence-electron chi connectivity index (χ3n) is 2.32. The molecule has 0 radical (unpaired) electrons. The highest BCUT2D eigenvalue weighted by Crippen LogP contribution is 2.26. The van der Waals surface area contributed by atoms with Crippen molar-refractivity contribution >= 4 is 23.9 Å². The van der Waals surface area contributed by atoms with Crippen LogP contribution in [-0.2, 0) is 0 Å². The van der Waals surface area contributed by atoms with Crippen molar-refractivity contribution in [1.82, 2.24) is 0 Å². The van der Waals surface area contributed by atoms with Crippen LogP contribution in [0.1, 0.15) is 10.4 Å². The van der Waals surface area contributed by atoms with E-state index < -0.39 is 23.0 Å². The fraction of sp³-hybridized carbons (Fsp3) is 0. The Bertz CT molecular complexity index is 619. The molecule has 1 N–H and O–H groups in total. The van der Waals surface area contributed by atoms with Gasteiger partial charge in [0.15, 0.2) is 12.1 Å². The van der Waals surface area contributed by atoms with Crippen LogP contribution in [0, 0.1) is 17.5 Å². The molecular weight excluding hydrogens is 275 g/mol. The molecule has 0 aliphatic carbocycles. The van der Waals surface area contributed by atoms with E-state index in [1.807, 2.05) is 0 Å². The molecule has 19 heavy (non-hydrogen) atoms. The summed E-state index contributed by atoms with van der Waals surface area (Å²) in [6.07, 6.45) is 0.114. The Hall–Kier alpha value is -1.95. The van der Waals surface area contributed by atoms with Crippen LogP contribution >= 0.6 is 11.9 Å². The summed E-state index contributed by atoms with van der Waals surface area (Å²) in [4.78, 5) is 11.1. The van der Waals surface area contributed by atoms with E-state index >= 15 is 0 Å². The lowest BCUT2D eigenvalue weighted by atomic mass is 10.2. The molecule has 0 bridgehead atoms. The van der Waals surface area contributed by atoms with Crippen LogP contribution in [0.2, 0.25) is 0 Å². The molecule has 98 valence electrons. The zero-order valence-electron chi connectivity index (χ0n) is 9.49. The molecule has 0 amide bonds. The number of benzene rings is 2. The van der Waals surface area contributed by atoms with E-state index in [-0.39, 0.29) is 12.0 Å². The summed E-state index contributed by atoms with van der Waals surface area (Å²) in [5.41, 5.74) is -0.678. The summed E-state index contributed by atoms with van der Waals surface area (Å²) in [5, 5.41) is 0. The zero-order chi connectivity index (χ0) is 13.8. The van der Waals surface area contributed by atoms with Gasteiger partial charge in [0.05, 0.1) is 11.3 Å². The van der Waals surface area contributed by atoms with Gasteiger partial charge in [0.1, 0.15) is 11.6 Å². The molecule has 2 aromatic carbocycles. The van der Waals surface area contributed by atoms with Crippen molar-refractivity contribution in [3.05, 3.63) is 59.4 Å². The monoisotopic (exact) mass is 283 g/mol. The summed E-state index contributed by atoms with van der Waals surface area (Å²) in [6, 6.07) is 7.85. The number of carbonyl (C=O) groups excluding carboxylic acids is 1. The molecule has 0 spiro atoms. The molecule has 0 saturated carbocycles. The minimum atomic E-state index is -0.973. The van der Waals surface area contributed by atoms with Crippen molar-refractivity contribution in [1.29, 1.82) is 0 Å². The molecule has 0 aliphatic rings. The molecule has 0 unspecified atom stereocenters. The van der Waals surface area contributed by atoms with Gasteiger partial charge in [0.2, 0.25) is 0 Å². The highest BCUT2D eigenvalue weighted by atomic mass is 32.2. The first kappa shape index (κ1) is 13.5. The Morgan fingerprint density at radius 1 is 1.11 bits per heavy atom. The van der Waals surface area contributed by atoms with E-state index in [4.69, 9.17) is 0 Å². The highest BCUT2D eigenvalue weighted by Gasteiger charge is 2.12. The van der Waals surface area contributed by atoms with Crippen LogP contribution in [0.3, 0.4) is 0 Å². The smallest absolute Gasteiger partial charge is 0.160 e. The van der Waals surface area contributed by atoms with E-state index in [1.54, 1.807) is 6.07 Å². The van der Waals surface area contributed by atoms with Gasteiger partial charge in [0.25, 0.3) is 0 Å². The van der Waals surface area contributed by atoms with Crippen molar-refractivity contribution in [3.63, 3.8) is 0 Å². The Balaban J connectivity index is 2.18. The Labute approximate surface area is 111 Å². The summed E-state index contributed by atoms with van der Waals surface area (Å²) in [7, 11) is 0. The van der Waals surface area contributed by atoms with Crippen LogP contribution in [0.5, 0.6) is 0 Å². The topological polar surface area (TPSA) is 29.1 Å². The molecule has 0 atom stereocenters. The maximum atomic E-state index is 13.7. The first-order valence-corrected chi connectivity index (χ1v) is 6.05. The number of carbonyl (C=O) groups is 1. The Kier molecular flexibility index (Phi) is 4.11. The molecule has 0 aliphatic heterocycles. The van der Waals surface area contributed by atoms with Gasteiger partial charge < -0.3 is 4.72 Å². The minimum Gasteiger partial charge on any atom is -0.323 e. The second-order valence-corrected chi connectivity index (χ2v) is 4.48. The lowest BCUT2D eigenvalue weighted by Crippen LogP contribution is -1.99. The van der Waals surface area contributed by atoms with Crippen LogP contribution in [0.15, 0.2) is 41.3 Å². The third kappa shape index (κ3) is 3.08. The van der Waals surface area contributed by atoms with Crippen molar-refractivity contribution in [3.8, 4) is 0 Å². The van der Waals surface area contributed by atoms with E-state index in [1.165, 1.54) is 24.3 Å². The van der Waals surface area contributed by atoms with Gasteiger partial charge in [-0.05, 0) is 42.3 Å². The standard InChI is InChI=1S/C13H8F3NOS/c14-8-2-1-3-9(6-8)19-17-12-5-4-11(15)10(7-18)13(12)16/h1-7,17H. The first-order valence-electron chi connectivity index (χ1n) is 5.23. The summed E-state index contributed by atoms with van der Waals surface area (Å²) in [6.45, 7) is 0. The van der Waals surface area contributed by atoms with Gasteiger partial charge in [-0.3, -0.25) is 4.79 Å². The maximum absolute atomic E-state index is 13.7. The molecule has 2 rings (SSSR count). The first-order chi connectivity index (χ1) is 9.11. The second-order valence-electron chi connectivity index (χ2n) is 3.60. The minimum absolute atomic E-state index is 0.0437. The molecule has 0 saturated heterocycles. The molecule has 0 aromatic heterocycles. The van der Waals surface area contributed by atoms with Crippen LogP contribution in [0.25, 0.3) is 0 Å². The average molecular weight is 283 g/mol. The fourth-order valence-corrected chi connectivity index (χ4v) is 2.10. The van der Waals surface area contributed by atoms with E-state index in [2.05, 4.69) is 4.72 Å². The van der Waals surface area contributed by atoms with Crippen LogP contribution in [0.4, 0.5) is 18.9 Å². The molecule has 0 heterocycles. The quantitative estimate of drug-likeness (QED) is 0.678. The number of rotatable bonds is 4. The van der Waals surface area contributed by atoms with E-state index in [0.29, 0.717) is 4.90 Å². The molecule has 2 aromatic rings. The zero-order valence-corrected chi connectivity index (χ0v) is 10.3. The van der Waals surface area contributed by atoms with Crippen molar-refractivity contribution in [2.45, 2.75) is 4.90 Å². The van der Waals surface area contributed by atoms with Crippen LogP contribution < -0.4 is 4.72 Å². The lowest BCUT2D eigenvalue weighted by molar-refractivity contribution is 0.111. The number of nitrogens with one attached hydrogen (secondary N) is 1. The van der Waals surface area contributed by atoms with Gasteiger partial charge in [-0.2, -0.15) is 0 Å². The van der Waals surface area contributed by atoms with Gasteiger partial charge in [-0.25, -0.2) is 13.2 Å². The maximum Gasteiger partial charge on any atom is 0.160 e.